The van der Waals surface area contributed by atoms with Gasteiger partial charge in [-0.3, -0.25) is 14.6 Å². The van der Waals surface area contributed by atoms with Gasteiger partial charge in [-0.05, 0) is 30.2 Å². The van der Waals surface area contributed by atoms with E-state index < -0.39 is 0 Å². The topological polar surface area (TPSA) is 116 Å². The first-order valence-corrected chi connectivity index (χ1v) is 9.78. The van der Waals surface area contributed by atoms with Crippen molar-refractivity contribution in [1.82, 2.24) is 30.0 Å². The molecule has 1 N–H and O–H groups in total. The number of benzene rings is 1. The summed E-state index contributed by atoms with van der Waals surface area (Å²) in [5.74, 6) is 0.206. The number of aromatic nitrogens is 5. The van der Waals surface area contributed by atoms with Gasteiger partial charge in [-0.15, -0.1) is 0 Å². The van der Waals surface area contributed by atoms with Crippen LogP contribution in [0.2, 0.25) is 5.02 Å². The number of carbonyl (C=O) groups is 1. The molecule has 0 atom stereocenters. The highest BCUT2D eigenvalue weighted by atomic mass is 35.5. The zero-order valence-corrected chi connectivity index (χ0v) is 17.0. The number of nitrogens with one attached hydrogen (secondary N) is 1. The average molecular weight is 437 g/mol. The van der Waals surface area contributed by atoms with Crippen molar-refractivity contribution in [3.63, 3.8) is 0 Å². The summed E-state index contributed by atoms with van der Waals surface area (Å²) in [5, 5.41) is 7.36. The van der Waals surface area contributed by atoms with Crippen molar-refractivity contribution in [2.24, 2.45) is 0 Å². The summed E-state index contributed by atoms with van der Waals surface area (Å²) in [6.07, 6.45) is 6.75. The summed E-state index contributed by atoms with van der Waals surface area (Å²) in [5.41, 5.74) is 1.71. The molecule has 0 saturated carbocycles. The molecule has 0 aliphatic heterocycles. The molecule has 1 amide bonds. The van der Waals surface area contributed by atoms with Gasteiger partial charge in [0.15, 0.2) is 0 Å². The lowest BCUT2D eigenvalue weighted by atomic mass is 10.1. The lowest BCUT2D eigenvalue weighted by Gasteiger charge is -2.08. The van der Waals surface area contributed by atoms with Crippen LogP contribution in [0.3, 0.4) is 0 Å². The second kappa shape index (κ2) is 9.31. The van der Waals surface area contributed by atoms with E-state index in [1.165, 1.54) is 29.2 Å². The summed E-state index contributed by atoms with van der Waals surface area (Å²) in [6, 6.07) is 10.3. The van der Waals surface area contributed by atoms with Gasteiger partial charge in [-0.1, -0.05) is 28.9 Å². The van der Waals surface area contributed by atoms with E-state index in [-0.39, 0.29) is 29.7 Å². The number of hydrogen-bond donors (Lipinski definition) is 1. The summed E-state index contributed by atoms with van der Waals surface area (Å²) in [7, 11) is 0. The molecule has 1 aromatic carbocycles. The Morgan fingerprint density at radius 3 is 2.74 bits per heavy atom. The Balaban J connectivity index is 1.41. The number of rotatable bonds is 7. The smallest absolute Gasteiger partial charge is 0.259 e. The van der Waals surface area contributed by atoms with E-state index in [4.69, 9.17) is 16.1 Å². The first-order chi connectivity index (χ1) is 15.1. The fourth-order valence-corrected chi connectivity index (χ4v) is 2.97. The minimum Gasteiger partial charge on any atom is -0.354 e. The highest BCUT2D eigenvalue weighted by Crippen LogP contribution is 2.19. The van der Waals surface area contributed by atoms with Crippen molar-refractivity contribution in [2.45, 2.75) is 13.0 Å². The molecule has 0 fully saturated rings. The van der Waals surface area contributed by atoms with Gasteiger partial charge < -0.3 is 14.4 Å². The molecule has 10 heteroatoms. The van der Waals surface area contributed by atoms with Crippen molar-refractivity contribution >= 4 is 17.5 Å². The summed E-state index contributed by atoms with van der Waals surface area (Å²) < 4.78 is 6.56. The van der Waals surface area contributed by atoms with Crippen LogP contribution in [0.4, 0.5) is 0 Å². The van der Waals surface area contributed by atoms with Crippen LogP contribution < -0.4 is 10.9 Å². The second-order valence-electron chi connectivity index (χ2n) is 6.62. The number of carbonyl (C=O) groups excluding carboxylic acids is 1. The Morgan fingerprint density at radius 1 is 1.13 bits per heavy atom. The molecule has 4 rings (SSSR count). The van der Waals surface area contributed by atoms with Crippen molar-refractivity contribution in [3.8, 4) is 23.0 Å². The van der Waals surface area contributed by atoms with Gasteiger partial charge in [0.25, 0.3) is 11.4 Å². The predicted octanol–water partition coefficient (Wildman–Crippen LogP) is 2.37. The number of halogens is 1. The number of pyridine rings is 1. The van der Waals surface area contributed by atoms with E-state index in [2.05, 4.69) is 25.4 Å². The Hall–Kier alpha value is -3.85. The van der Waals surface area contributed by atoms with Crippen LogP contribution in [0.15, 0.2) is 70.5 Å². The average Bonchev–Trinajstić information content (AvgIpc) is 3.28. The molecule has 9 nitrogen and oxygen atoms in total. The summed E-state index contributed by atoms with van der Waals surface area (Å²) in [4.78, 5) is 36.8. The molecule has 3 aromatic heterocycles. The largest absolute Gasteiger partial charge is 0.354 e. The minimum atomic E-state index is -0.315. The predicted molar refractivity (Wildman–Crippen MR) is 113 cm³/mol. The van der Waals surface area contributed by atoms with Crippen LogP contribution in [-0.2, 0) is 17.8 Å². The van der Waals surface area contributed by atoms with Gasteiger partial charge in [0.05, 0.1) is 11.8 Å². The zero-order chi connectivity index (χ0) is 21.6. The van der Waals surface area contributed by atoms with Crippen molar-refractivity contribution < 1.29 is 9.32 Å². The van der Waals surface area contributed by atoms with Crippen molar-refractivity contribution in [3.05, 3.63) is 82.1 Å². The molecule has 4 aromatic rings. The quantitative estimate of drug-likeness (QED) is 0.472. The Bertz CT molecular complexity index is 1240. The van der Waals surface area contributed by atoms with Gasteiger partial charge in [-0.25, -0.2) is 4.98 Å². The SMILES string of the molecule is O=C(Cn1cc(-c2nc(-c3cnccn3)no2)ccc1=O)NCCc1ccc(Cl)cc1. The Morgan fingerprint density at radius 2 is 1.97 bits per heavy atom. The lowest BCUT2D eigenvalue weighted by Crippen LogP contribution is -2.33. The minimum absolute atomic E-state index is 0.127. The molecule has 0 bridgehead atoms. The molecule has 0 unspecified atom stereocenters. The molecule has 0 aliphatic rings. The standard InChI is InChI=1S/C21H17ClN6O3/c22-16-4-1-14(2-5-16)7-8-25-18(29)13-28-12-15(3-6-19(28)30)21-26-20(27-31-21)17-11-23-9-10-24-17/h1-6,9-12H,7-8,13H2,(H,25,29). The Kier molecular flexibility index (Phi) is 6.13. The monoisotopic (exact) mass is 436 g/mol. The normalized spacial score (nSPS) is 10.7. The van der Waals surface area contributed by atoms with Crippen LogP contribution in [-0.4, -0.2) is 37.1 Å². The number of hydrogen-bond acceptors (Lipinski definition) is 7. The third-order valence-electron chi connectivity index (χ3n) is 4.41. The van der Waals surface area contributed by atoms with Gasteiger partial charge in [-0.2, -0.15) is 4.98 Å². The summed E-state index contributed by atoms with van der Waals surface area (Å²) in [6.45, 7) is 0.318. The van der Waals surface area contributed by atoms with Gasteiger partial charge in [0.1, 0.15) is 12.2 Å². The molecular formula is C21H17ClN6O3. The van der Waals surface area contributed by atoms with Gasteiger partial charge in [0, 0.05) is 36.2 Å². The lowest BCUT2D eigenvalue weighted by molar-refractivity contribution is -0.121. The van der Waals surface area contributed by atoms with E-state index in [0.29, 0.717) is 29.2 Å². The van der Waals surface area contributed by atoms with Gasteiger partial charge >= 0.3 is 0 Å². The first kappa shape index (κ1) is 20.4. The highest BCUT2D eigenvalue weighted by Gasteiger charge is 2.13. The maximum absolute atomic E-state index is 12.3. The number of amides is 1. The summed E-state index contributed by atoms with van der Waals surface area (Å²) >= 11 is 5.87. The van der Waals surface area contributed by atoms with Crippen LogP contribution >= 0.6 is 11.6 Å². The third-order valence-corrected chi connectivity index (χ3v) is 4.66. The van der Waals surface area contributed by atoms with Gasteiger partial charge in [0.2, 0.25) is 11.7 Å². The van der Waals surface area contributed by atoms with E-state index >= 15 is 0 Å². The molecule has 3 heterocycles. The fraction of sp³-hybridized carbons (Fsp3) is 0.143. The van der Waals surface area contributed by atoms with Crippen molar-refractivity contribution in [2.75, 3.05) is 6.54 Å². The molecule has 0 aliphatic carbocycles. The van der Waals surface area contributed by atoms with Crippen LogP contribution in [0.25, 0.3) is 23.0 Å². The zero-order valence-electron chi connectivity index (χ0n) is 16.2. The second-order valence-corrected chi connectivity index (χ2v) is 7.06. The van der Waals surface area contributed by atoms with Crippen LogP contribution in [0.1, 0.15) is 5.56 Å². The molecular weight excluding hydrogens is 420 g/mol. The molecule has 0 saturated heterocycles. The van der Waals surface area contributed by atoms with E-state index in [9.17, 15) is 9.59 Å². The van der Waals surface area contributed by atoms with Crippen LogP contribution in [0, 0.1) is 0 Å². The molecule has 31 heavy (non-hydrogen) atoms. The van der Waals surface area contributed by atoms with Crippen molar-refractivity contribution in [1.29, 1.82) is 0 Å². The maximum atomic E-state index is 12.3. The van der Waals surface area contributed by atoms with E-state index in [1.807, 2.05) is 12.1 Å². The fourth-order valence-electron chi connectivity index (χ4n) is 2.85. The highest BCUT2D eigenvalue weighted by molar-refractivity contribution is 6.30. The number of nitrogens with zero attached hydrogens (tertiary/aromatic N) is 5. The first-order valence-electron chi connectivity index (χ1n) is 9.40. The van der Waals surface area contributed by atoms with E-state index in [1.54, 1.807) is 24.4 Å². The van der Waals surface area contributed by atoms with E-state index in [0.717, 1.165) is 5.56 Å². The molecule has 0 radical (unpaired) electrons. The maximum Gasteiger partial charge on any atom is 0.259 e. The molecule has 156 valence electrons. The van der Waals surface area contributed by atoms with Crippen LogP contribution in [0.5, 0.6) is 0 Å². The Labute approximate surface area is 181 Å². The molecule has 0 spiro atoms. The third kappa shape index (κ3) is 5.20.